The average Bonchev–Trinajstić information content (AvgIpc) is 2.54. The first-order valence-corrected chi connectivity index (χ1v) is 6.89. The predicted molar refractivity (Wildman–Crippen MR) is 86.1 cm³/mol. The Labute approximate surface area is 127 Å². The predicted octanol–water partition coefficient (Wildman–Crippen LogP) is 4.00. The molecule has 2 aromatic carbocycles. The maximum absolute atomic E-state index is 6.31. The zero-order chi connectivity index (χ0) is 14.8. The highest BCUT2D eigenvalue weighted by atomic mass is 35.5. The van der Waals surface area contributed by atoms with Gasteiger partial charge >= 0.3 is 0 Å². The molecule has 1 aromatic heterocycles. The molecular formula is C16H14ClN3O. The Balaban J connectivity index is 2.33. The number of fused-ring (bicyclic) bond motifs is 1. The summed E-state index contributed by atoms with van der Waals surface area (Å²) >= 11 is 6.31. The van der Waals surface area contributed by atoms with Crippen LogP contribution in [-0.2, 0) is 0 Å². The van der Waals surface area contributed by atoms with Crippen LogP contribution in [-0.4, -0.2) is 24.1 Å². The van der Waals surface area contributed by atoms with E-state index in [2.05, 4.69) is 15.3 Å². The third-order valence-electron chi connectivity index (χ3n) is 3.32. The number of methoxy groups -OCH3 is 1. The summed E-state index contributed by atoms with van der Waals surface area (Å²) in [5, 5.41) is 4.54. The molecule has 0 aliphatic carbocycles. The molecule has 1 heterocycles. The van der Waals surface area contributed by atoms with Gasteiger partial charge in [0.1, 0.15) is 11.3 Å². The number of ether oxygens (including phenoxy) is 1. The number of benzene rings is 2. The van der Waals surface area contributed by atoms with Crippen molar-refractivity contribution in [1.29, 1.82) is 0 Å². The van der Waals surface area contributed by atoms with Crippen molar-refractivity contribution < 1.29 is 4.74 Å². The minimum absolute atomic E-state index is 0.553. The molecule has 5 heteroatoms. The summed E-state index contributed by atoms with van der Waals surface area (Å²) in [6.45, 7) is 0. The molecule has 0 atom stereocenters. The number of hydrogen-bond acceptors (Lipinski definition) is 4. The topological polar surface area (TPSA) is 47.0 Å². The van der Waals surface area contributed by atoms with Crippen LogP contribution in [0.4, 0.5) is 5.95 Å². The van der Waals surface area contributed by atoms with E-state index in [1.807, 2.05) is 36.4 Å². The van der Waals surface area contributed by atoms with Gasteiger partial charge in [0.2, 0.25) is 5.95 Å². The lowest BCUT2D eigenvalue weighted by Crippen LogP contribution is -1.98. The Morgan fingerprint density at radius 3 is 2.62 bits per heavy atom. The van der Waals surface area contributed by atoms with Crippen molar-refractivity contribution in [2.45, 2.75) is 0 Å². The molecule has 0 spiro atoms. The molecule has 0 amide bonds. The zero-order valence-corrected chi connectivity index (χ0v) is 12.5. The zero-order valence-electron chi connectivity index (χ0n) is 11.7. The van der Waals surface area contributed by atoms with Gasteiger partial charge in [-0.25, -0.2) is 9.97 Å². The molecule has 0 saturated carbocycles. The van der Waals surface area contributed by atoms with Crippen LogP contribution < -0.4 is 10.1 Å². The first-order valence-electron chi connectivity index (χ1n) is 6.51. The monoisotopic (exact) mass is 299 g/mol. The second-order valence-corrected chi connectivity index (χ2v) is 4.91. The van der Waals surface area contributed by atoms with Crippen molar-refractivity contribution in [2.75, 3.05) is 19.5 Å². The molecule has 1 N–H and O–H groups in total. The molecular weight excluding hydrogens is 286 g/mol. The van der Waals surface area contributed by atoms with Crippen molar-refractivity contribution >= 4 is 28.5 Å². The van der Waals surface area contributed by atoms with Gasteiger partial charge in [0.15, 0.2) is 0 Å². The van der Waals surface area contributed by atoms with Gasteiger partial charge in [-0.2, -0.15) is 0 Å². The Morgan fingerprint density at radius 2 is 1.90 bits per heavy atom. The van der Waals surface area contributed by atoms with Gasteiger partial charge < -0.3 is 10.1 Å². The molecule has 0 aliphatic rings. The molecule has 106 valence electrons. The Kier molecular flexibility index (Phi) is 3.62. The molecule has 0 aliphatic heterocycles. The van der Waals surface area contributed by atoms with Gasteiger partial charge in [-0.3, -0.25) is 0 Å². The second-order valence-electron chi connectivity index (χ2n) is 4.50. The van der Waals surface area contributed by atoms with E-state index < -0.39 is 0 Å². The third-order valence-corrected chi connectivity index (χ3v) is 3.65. The van der Waals surface area contributed by atoms with Crippen LogP contribution in [0.2, 0.25) is 5.02 Å². The van der Waals surface area contributed by atoms with Crippen LogP contribution >= 0.6 is 11.6 Å². The molecule has 0 unspecified atom stereocenters. The molecule has 0 radical (unpaired) electrons. The third kappa shape index (κ3) is 2.38. The van der Waals surface area contributed by atoms with E-state index >= 15 is 0 Å². The lowest BCUT2D eigenvalue weighted by Gasteiger charge is -2.11. The first-order chi connectivity index (χ1) is 10.2. The molecule has 0 fully saturated rings. The van der Waals surface area contributed by atoms with E-state index in [9.17, 15) is 0 Å². The van der Waals surface area contributed by atoms with E-state index in [4.69, 9.17) is 16.3 Å². The quantitative estimate of drug-likeness (QED) is 0.794. The summed E-state index contributed by atoms with van der Waals surface area (Å²) in [6, 6.07) is 11.6. The highest BCUT2D eigenvalue weighted by molar-refractivity contribution is 6.33. The molecule has 3 rings (SSSR count). The SMILES string of the molecule is CNc1ncc2c(-c3ccccc3Cl)ccc(OC)c2n1. The van der Waals surface area contributed by atoms with Crippen molar-refractivity contribution in [1.82, 2.24) is 9.97 Å². The van der Waals surface area contributed by atoms with Gasteiger partial charge in [-0.1, -0.05) is 29.8 Å². The van der Waals surface area contributed by atoms with Gasteiger partial charge in [0.25, 0.3) is 0 Å². The van der Waals surface area contributed by atoms with Crippen molar-refractivity contribution in [3.63, 3.8) is 0 Å². The largest absolute Gasteiger partial charge is 0.494 e. The molecule has 3 aromatic rings. The number of nitrogens with zero attached hydrogens (tertiary/aromatic N) is 2. The normalized spacial score (nSPS) is 10.6. The maximum atomic E-state index is 6.31. The smallest absolute Gasteiger partial charge is 0.223 e. The van der Waals surface area contributed by atoms with Crippen LogP contribution in [0.1, 0.15) is 0 Å². The van der Waals surface area contributed by atoms with Crippen LogP contribution in [0.25, 0.3) is 22.0 Å². The van der Waals surface area contributed by atoms with E-state index in [0.717, 1.165) is 22.0 Å². The summed E-state index contributed by atoms with van der Waals surface area (Å²) in [5.41, 5.74) is 2.70. The summed E-state index contributed by atoms with van der Waals surface area (Å²) in [7, 11) is 3.41. The highest BCUT2D eigenvalue weighted by Gasteiger charge is 2.12. The van der Waals surface area contributed by atoms with Crippen LogP contribution in [0.5, 0.6) is 5.75 Å². The van der Waals surface area contributed by atoms with E-state index in [1.54, 1.807) is 20.4 Å². The summed E-state index contributed by atoms with van der Waals surface area (Å²) in [4.78, 5) is 8.79. The number of aromatic nitrogens is 2. The summed E-state index contributed by atoms with van der Waals surface area (Å²) < 4.78 is 5.40. The molecule has 21 heavy (non-hydrogen) atoms. The van der Waals surface area contributed by atoms with Crippen molar-refractivity contribution in [3.8, 4) is 16.9 Å². The van der Waals surface area contributed by atoms with E-state index in [-0.39, 0.29) is 0 Å². The number of anilines is 1. The van der Waals surface area contributed by atoms with Crippen molar-refractivity contribution in [3.05, 3.63) is 47.6 Å². The van der Waals surface area contributed by atoms with E-state index in [0.29, 0.717) is 16.7 Å². The Morgan fingerprint density at radius 1 is 1.10 bits per heavy atom. The Hall–Kier alpha value is -2.33. The van der Waals surface area contributed by atoms with Crippen LogP contribution in [0.3, 0.4) is 0 Å². The fourth-order valence-corrected chi connectivity index (χ4v) is 2.53. The fraction of sp³-hybridized carbons (Fsp3) is 0.125. The highest BCUT2D eigenvalue weighted by Crippen LogP contribution is 2.36. The number of nitrogens with one attached hydrogen (secondary N) is 1. The number of rotatable bonds is 3. The van der Waals surface area contributed by atoms with Gasteiger partial charge in [0.05, 0.1) is 7.11 Å². The number of hydrogen-bond donors (Lipinski definition) is 1. The minimum atomic E-state index is 0.553. The standard InChI is InChI=1S/C16H14ClN3O/c1-18-16-19-9-12-10(11-5-3-4-6-13(11)17)7-8-14(21-2)15(12)20-16/h3-9H,1-2H3,(H,18,19,20). The Bertz CT molecular complexity index is 805. The van der Waals surface area contributed by atoms with Gasteiger partial charge in [-0.05, 0) is 23.8 Å². The van der Waals surface area contributed by atoms with Crippen LogP contribution in [0.15, 0.2) is 42.6 Å². The van der Waals surface area contributed by atoms with E-state index in [1.165, 1.54) is 0 Å². The fourth-order valence-electron chi connectivity index (χ4n) is 2.29. The van der Waals surface area contributed by atoms with Gasteiger partial charge in [-0.15, -0.1) is 0 Å². The minimum Gasteiger partial charge on any atom is -0.494 e. The van der Waals surface area contributed by atoms with Crippen LogP contribution in [0, 0.1) is 0 Å². The lowest BCUT2D eigenvalue weighted by molar-refractivity contribution is 0.419. The van der Waals surface area contributed by atoms with Crippen molar-refractivity contribution in [2.24, 2.45) is 0 Å². The molecule has 0 bridgehead atoms. The summed E-state index contributed by atoms with van der Waals surface area (Å²) in [5.74, 6) is 1.26. The second kappa shape index (κ2) is 5.58. The molecule has 0 saturated heterocycles. The lowest BCUT2D eigenvalue weighted by atomic mass is 10.0. The average molecular weight is 300 g/mol. The van der Waals surface area contributed by atoms with Gasteiger partial charge in [0, 0.05) is 29.2 Å². The summed E-state index contributed by atoms with van der Waals surface area (Å²) in [6.07, 6.45) is 1.79. The first kappa shape index (κ1) is 13.6. The molecule has 4 nitrogen and oxygen atoms in total. The maximum Gasteiger partial charge on any atom is 0.223 e. The number of halogens is 1.